The summed E-state index contributed by atoms with van der Waals surface area (Å²) >= 11 is 3.45. The highest BCUT2D eigenvalue weighted by molar-refractivity contribution is 9.10. The maximum Gasteiger partial charge on any atom is 0.254 e. The number of para-hydroxylation sites is 1. The van der Waals surface area contributed by atoms with Gasteiger partial charge in [0, 0.05) is 22.6 Å². The molecule has 1 atom stereocenters. The summed E-state index contributed by atoms with van der Waals surface area (Å²) in [5, 5.41) is 9.92. The van der Waals surface area contributed by atoms with Crippen molar-refractivity contribution in [3.63, 3.8) is 0 Å². The molecule has 2 aromatic carbocycles. The molecule has 0 aliphatic heterocycles. The summed E-state index contributed by atoms with van der Waals surface area (Å²) in [4.78, 5) is 14.2. The number of hydrogen-bond acceptors (Lipinski definition) is 2. The van der Waals surface area contributed by atoms with Gasteiger partial charge in [-0.05, 0) is 37.6 Å². The second-order valence-corrected chi connectivity index (χ2v) is 5.97. The lowest BCUT2D eigenvalue weighted by Crippen LogP contribution is -2.29. The van der Waals surface area contributed by atoms with E-state index < -0.39 is 0 Å². The number of aryl methyl sites for hydroxylation is 1. The van der Waals surface area contributed by atoms with Crippen LogP contribution in [0.4, 0.5) is 0 Å². The van der Waals surface area contributed by atoms with E-state index in [4.69, 9.17) is 0 Å². The van der Waals surface area contributed by atoms with Gasteiger partial charge in [-0.3, -0.25) is 4.79 Å². The number of nitrogens with zero attached hydrogens (tertiary/aromatic N) is 1. The van der Waals surface area contributed by atoms with Crippen molar-refractivity contribution < 1.29 is 9.90 Å². The third-order valence-electron chi connectivity index (χ3n) is 3.71. The molecule has 1 N–H and O–H groups in total. The Kier molecular flexibility index (Phi) is 4.68. The lowest BCUT2D eigenvalue weighted by atomic mass is 10.0. The molecule has 0 aliphatic carbocycles. The molecule has 0 radical (unpaired) electrons. The van der Waals surface area contributed by atoms with Gasteiger partial charge in [0.2, 0.25) is 0 Å². The predicted octanol–water partition coefficient (Wildman–Crippen LogP) is 4.30. The number of phenolic OH excluding ortho intramolecular Hbond substituents is 1. The van der Waals surface area contributed by atoms with Gasteiger partial charge in [0.15, 0.2) is 0 Å². The Balaban J connectivity index is 2.26. The smallest absolute Gasteiger partial charge is 0.254 e. The fourth-order valence-corrected chi connectivity index (χ4v) is 2.53. The second-order valence-electron chi connectivity index (χ2n) is 5.11. The predicted molar refractivity (Wildman–Crippen MR) is 87.5 cm³/mol. The van der Waals surface area contributed by atoms with Crippen molar-refractivity contribution in [1.82, 2.24) is 4.90 Å². The zero-order valence-electron chi connectivity index (χ0n) is 12.3. The van der Waals surface area contributed by atoms with Crippen molar-refractivity contribution >= 4 is 21.8 Å². The van der Waals surface area contributed by atoms with Gasteiger partial charge >= 0.3 is 0 Å². The zero-order chi connectivity index (χ0) is 15.6. The molecule has 1 unspecified atom stereocenters. The summed E-state index contributed by atoms with van der Waals surface area (Å²) in [6.07, 6.45) is 0. The standard InChI is InChI=1S/C17H18BrNO2/c1-11-8-9-13(10-15(11)18)17(21)19(3)12(2)14-6-4-5-7-16(14)20/h4-10,12,20H,1-3H3. The van der Waals surface area contributed by atoms with Gasteiger partial charge in [0.1, 0.15) is 5.75 Å². The van der Waals surface area contributed by atoms with Crippen LogP contribution in [-0.2, 0) is 0 Å². The zero-order valence-corrected chi connectivity index (χ0v) is 13.9. The Labute approximate surface area is 133 Å². The average molecular weight is 348 g/mol. The number of amides is 1. The molecule has 0 spiro atoms. The van der Waals surface area contributed by atoms with Crippen molar-refractivity contribution in [3.05, 3.63) is 63.6 Å². The lowest BCUT2D eigenvalue weighted by Gasteiger charge is -2.26. The first kappa shape index (κ1) is 15.6. The van der Waals surface area contributed by atoms with Crippen molar-refractivity contribution in [2.75, 3.05) is 7.05 Å². The average Bonchev–Trinajstić information content (AvgIpc) is 2.48. The van der Waals surface area contributed by atoms with Crippen LogP contribution in [0, 0.1) is 6.92 Å². The van der Waals surface area contributed by atoms with E-state index in [1.54, 1.807) is 24.1 Å². The maximum atomic E-state index is 12.6. The van der Waals surface area contributed by atoms with Gasteiger partial charge in [-0.25, -0.2) is 0 Å². The van der Waals surface area contributed by atoms with Crippen LogP contribution in [0.2, 0.25) is 0 Å². The van der Waals surface area contributed by atoms with Gasteiger partial charge in [-0.1, -0.05) is 40.2 Å². The fraction of sp³-hybridized carbons (Fsp3) is 0.235. The van der Waals surface area contributed by atoms with E-state index in [1.165, 1.54) is 0 Å². The third kappa shape index (κ3) is 3.27. The summed E-state index contributed by atoms with van der Waals surface area (Å²) in [5.74, 6) is 0.126. The van der Waals surface area contributed by atoms with E-state index in [0.29, 0.717) is 5.56 Å². The summed E-state index contributed by atoms with van der Waals surface area (Å²) in [7, 11) is 1.74. The third-order valence-corrected chi connectivity index (χ3v) is 4.56. The van der Waals surface area contributed by atoms with E-state index in [9.17, 15) is 9.90 Å². The van der Waals surface area contributed by atoms with Crippen LogP contribution < -0.4 is 0 Å². The highest BCUT2D eigenvalue weighted by Crippen LogP contribution is 2.28. The molecule has 0 aromatic heterocycles. The number of carbonyl (C=O) groups is 1. The van der Waals surface area contributed by atoms with Gasteiger partial charge in [0.25, 0.3) is 5.91 Å². The van der Waals surface area contributed by atoms with E-state index in [-0.39, 0.29) is 17.7 Å². The molecule has 3 nitrogen and oxygen atoms in total. The molecule has 0 heterocycles. The van der Waals surface area contributed by atoms with E-state index in [1.807, 2.05) is 44.2 Å². The van der Waals surface area contributed by atoms with Gasteiger partial charge < -0.3 is 10.0 Å². The van der Waals surface area contributed by atoms with Crippen LogP contribution in [0.15, 0.2) is 46.9 Å². The molecule has 0 bridgehead atoms. The SMILES string of the molecule is Cc1ccc(C(=O)N(C)C(C)c2ccccc2O)cc1Br. The first-order chi connectivity index (χ1) is 9.91. The Hall–Kier alpha value is -1.81. The fourth-order valence-electron chi connectivity index (χ4n) is 2.15. The molecular weight excluding hydrogens is 330 g/mol. The maximum absolute atomic E-state index is 12.6. The Bertz CT molecular complexity index is 670. The highest BCUT2D eigenvalue weighted by atomic mass is 79.9. The molecule has 21 heavy (non-hydrogen) atoms. The Morgan fingerprint density at radius 2 is 1.90 bits per heavy atom. The van der Waals surface area contributed by atoms with Crippen molar-refractivity contribution in [1.29, 1.82) is 0 Å². The monoisotopic (exact) mass is 347 g/mol. The summed E-state index contributed by atoms with van der Waals surface area (Å²) < 4.78 is 0.914. The number of hydrogen-bond donors (Lipinski definition) is 1. The number of halogens is 1. The van der Waals surface area contributed by atoms with Gasteiger partial charge in [-0.2, -0.15) is 0 Å². The first-order valence-electron chi connectivity index (χ1n) is 6.73. The molecule has 4 heteroatoms. The molecule has 0 saturated heterocycles. The second kappa shape index (κ2) is 6.31. The largest absolute Gasteiger partial charge is 0.508 e. The molecular formula is C17H18BrNO2. The first-order valence-corrected chi connectivity index (χ1v) is 7.52. The van der Waals surface area contributed by atoms with Crippen LogP contribution in [0.25, 0.3) is 0 Å². The molecule has 0 aliphatic rings. The van der Waals surface area contributed by atoms with E-state index >= 15 is 0 Å². The summed E-state index contributed by atoms with van der Waals surface area (Å²) in [6, 6.07) is 12.4. The van der Waals surface area contributed by atoms with Gasteiger partial charge in [-0.15, -0.1) is 0 Å². The Morgan fingerprint density at radius 3 is 2.52 bits per heavy atom. The van der Waals surface area contributed by atoms with Crippen molar-refractivity contribution in [2.45, 2.75) is 19.9 Å². The number of carbonyl (C=O) groups excluding carboxylic acids is 1. The summed E-state index contributed by atoms with van der Waals surface area (Å²) in [5.41, 5.74) is 2.44. The number of benzene rings is 2. The molecule has 2 rings (SSSR count). The minimum absolute atomic E-state index is 0.0774. The quantitative estimate of drug-likeness (QED) is 0.899. The van der Waals surface area contributed by atoms with Crippen LogP contribution in [0.3, 0.4) is 0 Å². The van der Waals surface area contributed by atoms with Crippen LogP contribution in [-0.4, -0.2) is 23.0 Å². The molecule has 0 fully saturated rings. The van der Waals surface area contributed by atoms with E-state index in [0.717, 1.165) is 15.6 Å². The van der Waals surface area contributed by atoms with Crippen molar-refractivity contribution in [2.24, 2.45) is 0 Å². The minimum Gasteiger partial charge on any atom is -0.508 e. The number of phenols is 1. The summed E-state index contributed by atoms with van der Waals surface area (Å²) in [6.45, 7) is 3.88. The van der Waals surface area contributed by atoms with Crippen LogP contribution in [0.5, 0.6) is 5.75 Å². The van der Waals surface area contributed by atoms with Crippen molar-refractivity contribution in [3.8, 4) is 5.75 Å². The Morgan fingerprint density at radius 1 is 1.24 bits per heavy atom. The molecule has 2 aromatic rings. The molecule has 0 saturated carbocycles. The highest BCUT2D eigenvalue weighted by Gasteiger charge is 2.21. The topological polar surface area (TPSA) is 40.5 Å². The van der Waals surface area contributed by atoms with Crippen LogP contribution in [0.1, 0.15) is 34.5 Å². The van der Waals surface area contributed by atoms with E-state index in [2.05, 4.69) is 15.9 Å². The minimum atomic E-state index is -0.209. The molecule has 110 valence electrons. The number of rotatable bonds is 3. The van der Waals surface area contributed by atoms with Gasteiger partial charge in [0.05, 0.1) is 6.04 Å². The molecule has 1 amide bonds. The lowest BCUT2D eigenvalue weighted by molar-refractivity contribution is 0.0741. The normalized spacial score (nSPS) is 12.0. The number of aromatic hydroxyl groups is 1. The van der Waals surface area contributed by atoms with Crippen LogP contribution >= 0.6 is 15.9 Å².